The minimum atomic E-state index is -1.51. The zero-order valence-electron chi connectivity index (χ0n) is 24.9. The van der Waals surface area contributed by atoms with Crippen molar-refractivity contribution in [3.05, 3.63) is 11.6 Å². The highest BCUT2D eigenvalue weighted by atomic mass is 28.4. The van der Waals surface area contributed by atoms with Gasteiger partial charge in [0.1, 0.15) is 0 Å². The Morgan fingerprint density at radius 2 is 1.63 bits per heavy atom. The highest BCUT2D eigenvalue weighted by Crippen LogP contribution is 2.67. The van der Waals surface area contributed by atoms with Crippen LogP contribution in [0.4, 0.5) is 0 Å². The maximum absolute atomic E-state index is 7.03. The maximum atomic E-state index is 7.03. The van der Waals surface area contributed by atoms with Crippen LogP contribution in [0.1, 0.15) is 126 Å². The zero-order chi connectivity index (χ0) is 25.4. The Hall–Kier alpha value is -0.0831. The molecule has 0 amide bonds. The Morgan fingerprint density at radius 3 is 2.29 bits per heavy atom. The number of allylic oxidation sites excluding steroid dienone is 1. The van der Waals surface area contributed by atoms with Crippen molar-refractivity contribution >= 4 is 8.32 Å². The second-order valence-corrected chi connectivity index (χ2v) is 19.2. The minimum absolute atomic E-state index is 0.458. The molecule has 3 saturated carbocycles. The lowest BCUT2D eigenvalue weighted by Crippen LogP contribution is -2.51. The zero-order valence-corrected chi connectivity index (χ0v) is 25.9. The van der Waals surface area contributed by atoms with Gasteiger partial charge in [0.05, 0.1) is 0 Å². The third-order valence-corrected chi connectivity index (χ3v) is 17.3. The number of rotatable bonds is 10. The molecule has 0 bridgehead atoms. The van der Waals surface area contributed by atoms with Gasteiger partial charge in [-0.2, -0.15) is 0 Å². The minimum Gasteiger partial charge on any atom is -0.414 e. The average Bonchev–Trinajstić information content (AvgIpc) is 3.20. The van der Waals surface area contributed by atoms with Crippen molar-refractivity contribution < 1.29 is 4.43 Å². The van der Waals surface area contributed by atoms with E-state index < -0.39 is 8.32 Å². The predicted molar refractivity (Wildman–Crippen MR) is 155 cm³/mol. The van der Waals surface area contributed by atoms with E-state index in [4.69, 9.17) is 4.43 Å². The number of fused-ring (bicyclic) bond motifs is 5. The Kier molecular flexibility index (Phi) is 8.75. The molecule has 8 atom stereocenters. The molecule has 0 N–H and O–H groups in total. The average molecular weight is 501 g/mol. The van der Waals surface area contributed by atoms with Gasteiger partial charge >= 0.3 is 0 Å². The molecule has 4 aliphatic rings. The van der Waals surface area contributed by atoms with Crippen LogP contribution in [0.5, 0.6) is 0 Å². The Balaban J connectivity index is 1.45. The summed E-state index contributed by atoms with van der Waals surface area (Å²) in [7, 11) is -1.51. The molecule has 0 aromatic heterocycles. The molecule has 0 aromatic carbocycles. The normalized spacial score (nSPS) is 40.1. The molecule has 4 aliphatic carbocycles. The number of hydrogen-bond donors (Lipinski definition) is 0. The van der Waals surface area contributed by atoms with Crippen LogP contribution in [0, 0.1) is 46.3 Å². The Bertz CT molecular complexity index is 729. The molecule has 35 heavy (non-hydrogen) atoms. The SMILES string of the molecule is CC[Si](CC)(CC)OC1CC[C@@]2(C)C(=CC[C@H]3[C@@H]4CC[C@H]([C@H](C)CCCC(C)C)[C@@]4(C)CC[C@@H]32)C1. The quantitative estimate of drug-likeness (QED) is 0.214. The second kappa shape index (κ2) is 11.0. The summed E-state index contributed by atoms with van der Waals surface area (Å²) in [6, 6.07) is 3.86. The van der Waals surface area contributed by atoms with Gasteiger partial charge < -0.3 is 4.43 Å². The van der Waals surface area contributed by atoms with Crippen LogP contribution >= 0.6 is 0 Å². The van der Waals surface area contributed by atoms with Crippen LogP contribution in [0.15, 0.2) is 11.6 Å². The fourth-order valence-corrected chi connectivity index (χ4v) is 13.0. The summed E-state index contributed by atoms with van der Waals surface area (Å²) in [5, 5.41) is 0. The molecule has 0 heterocycles. The Labute approximate surface area is 220 Å². The molecule has 0 aliphatic heterocycles. The largest absolute Gasteiger partial charge is 0.414 e. The van der Waals surface area contributed by atoms with E-state index in [1.807, 2.05) is 0 Å². The first-order chi connectivity index (χ1) is 16.6. The van der Waals surface area contributed by atoms with E-state index in [0.717, 1.165) is 35.5 Å². The summed E-state index contributed by atoms with van der Waals surface area (Å²) in [6.45, 7) is 20.0. The van der Waals surface area contributed by atoms with E-state index in [1.54, 1.807) is 5.57 Å². The van der Waals surface area contributed by atoms with Crippen LogP contribution in [-0.4, -0.2) is 14.4 Å². The third kappa shape index (κ3) is 5.15. The number of hydrogen-bond acceptors (Lipinski definition) is 1. The summed E-state index contributed by atoms with van der Waals surface area (Å²) in [5.74, 6) is 5.60. The lowest BCUT2D eigenvalue weighted by Gasteiger charge is -2.59. The van der Waals surface area contributed by atoms with E-state index in [2.05, 4.69) is 61.5 Å². The summed E-state index contributed by atoms with van der Waals surface area (Å²) < 4.78 is 7.03. The monoisotopic (exact) mass is 500 g/mol. The fraction of sp³-hybridized carbons (Fsp3) is 0.939. The molecular formula is C33H60OSi. The smallest absolute Gasteiger partial charge is 0.192 e. The molecule has 0 saturated heterocycles. The van der Waals surface area contributed by atoms with Gasteiger partial charge in [-0.1, -0.05) is 86.3 Å². The predicted octanol–water partition coefficient (Wildman–Crippen LogP) is 10.4. The van der Waals surface area contributed by atoms with E-state index in [0.29, 0.717) is 16.9 Å². The van der Waals surface area contributed by atoms with Gasteiger partial charge in [-0.05, 0) is 116 Å². The van der Waals surface area contributed by atoms with Crippen LogP contribution < -0.4 is 0 Å². The standard InChI is InChI=1S/C33H60OSi/c1-9-35(10-2,11-3)34-27-19-21-32(7)26(23-27)15-16-28-30-18-17-29(25(6)14-12-13-24(4)5)33(30,8)22-20-31(28)32/h15,24-25,27-31H,9-14,16-23H2,1-8H3/t25-,27?,28+,29-,30+,31+,32+,33-/m1/s1. The highest BCUT2D eigenvalue weighted by Gasteiger charge is 2.59. The molecule has 202 valence electrons. The van der Waals surface area contributed by atoms with Crippen LogP contribution in [0.3, 0.4) is 0 Å². The van der Waals surface area contributed by atoms with E-state index >= 15 is 0 Å². The van der Waals surface area contributed by atoms with E-state index in [1.165, 1.54) is 88.8 Å². The summed E-state index contributed by atoms with van der Waals surface area (Å²) in [5.41, 5.74) is 2.87. The van der Waals surface area contributed by atoms with Gasteiger partial charge in [0, 0.05) is 6.10 Å². The molecule has 3 fully saturated rings. The van der Waals surface area contributed by atoms with Crippen molar-refractivity contribution in [1.29, 1.82) is 0 Å². The fourth-order valence-electron chi connectivity index (χ4n) is 10.1. The van der Waals surface area contributed by atoms with Gasteiger partial charge in [-0.25, -0.2) is 0 Å². The summed E-state index contributed by atoms with van der Waals surface area (Å²) in [6.07, 6.45) is 18.9. The van der Waals surface area contributed by atoms with Crippen molar-refractivity contribution in [3.63, 3.8) is 0 Å². The maximum Gasteiger partial charge on any atom is 0.192 e. The van der Waals surface area contributed by atoms with Crippen LogP contribution in [-0.2, 0) is 4.43 Å². The van der Waals surface area contributed by atoms with Gasteiger partial charge in [-0.3, -0.25) is 0 Å². The van der Waals surface area contributed by atoms with Crippen molar-refractivity contribution in [2.75, 3.05) is 0 Å². The molecule has 0 spiro atoms. The molecular weight excluding hydrogens is 440 g/mol. The first kappa shape index (κ1) is 27.9. The highest BCUT2D eigenvalue weighted by molar-refractivity contribution is 6.73. The third-order valence-electron chi connectivity index (χ3n) is 12.6. The van der Waals surface area contributed by atoms with Crippen LogP contribution in [0.2, 0.25) is 18.1 Å². The van der Waals surface area contributed by atoms with Crippen molar-refractivity contribution in [1.82, 2.24) is 0 Å². The van der Waals surface area contributed by atoms with Gasteiger partial charge in [0.2, 0.25) is 0 Å². The molecule has 0 radical (unpaired) electrons. The first-order valence-electron chi connectivity index (χ1n) is 16.0. The molecule has 1 nitrogen and oxygen atoms in total. The lowest BCUT2D eigenvalue weighted by molar-refractivity contribution is -0.0564. The van der Waals surface area contributed by atoms with Crippen molar-refractivity contribution in [3.8, 4) is 0 Å². The lowest BCUT2D eigenvalue weighted by atomic mass is 9.47. The summed E-state index contributed by atoms with van der Waals surface area (Å²) in [4.78, 5) is 0. The first-order valence-corrected chi connectivity index (χ1v) is 18.5. The van der Waals surface area contributed by atoms with Crippen LogP contribution in [0.25, 0.3) is 0 Å². The molecule has 2 heteroatoms. The van der Waals surface area contributed by atoms with Gasteiger partial charge in [0.15, 0.2) is 8.32 Å². The van der Waals surface area contributed by atoms with Crippen molar-refractivity contribution in [2.24, 2.45) is 46.3 Å². The molecule has 0 aromatic rings. The summed E-state index contributed by atoms with van der Waals surface area (Å²) >= 11 is 0. The topological polar surface area (TPSA) is 9.23 Å². The van der Waals surface area contributed by atoms with Crippen molar-refractivity contribution in [2.45, 2.75) is 150 Å². The van der Waals surface area contributed by atoms with Gasteiger partial charge in [-0.15, -0.1) is 0 Å². The van der Waals surface area contributed by atoms with E-state index in [9.17, 15) is 0 Å². The van der Waals surface area contributed by atoms with E-state index in [-0.39, 0.29) is 0 Å². The molecule has 1 unspecified atom stereocenters. The second-order valence-electron chi connectivity index (χ2n) is 14.5. The van der Waals surface area contributed by atoms with Gasteiger partial charge in [0.25, 0.3) is 0 Å². The Morgan fingerprint density at radius 1 is 0.914 bits per heavy atom. The molecule has 4 rings (SSSR count).